The first kappa shape index (κ1) is 22.2. The van der Waals surface area contributed by atoms with Gasteiger partial charge in [0.25, 0.3) is 5.69 Å². The van der Waals surface area contributed by atoms with Crippen molar-refractivity contribution >= 4 is 50.9 Å². The lowest BCUT2D eigenvalue weighted by Crippen LogP contribution is -2.41. The molecular weight excluding hydrogens is 430 g/mol. The Bertz CT molecular complexity index is 693. The van der Waals surface area contributed by atoms with Crippen LogP contribution in [-0.2, 0) is 9.53 Å². The molecule has 144 valence electrons. The predicted octanol–water partition coefficient (Wildman–Crippen LogP) is 3.80. The van der Waals surface area contributed by atoms with E-state index in [0.29, 0.717) is 5.69 Å². The summed E-state index contributed by atoms with van der Waals surface area (Å²) in [5, 5.41) is 10.9. The molecule has 0 aromatic heterocycles. The number of carbonyl (C=O) groups is 2. The Kier molecular flexibility index (Phi) is 7.83. The summed E-state index contributed by atoms with van der Waals surface area (Å²) in [5.74, 6) is -0.643. The SMILES string of the molecule is CN(CCN(C(=O)CCl)c1ccc([N+](=O)[O-])c(Br)c1)C(=O)OC(C)(C)C. The van der Waals surface area contributed by atoms with E-state index in [1.165, 1.54) is 28.0 Å². The van der Waals surface area contributed by atoms with E-state index in [-0.39, 0.29) is 35.0 Å². The van der Waals surface area contributed by atoms with Crippen LogP contribution >= 0.6 is 27.5 Å². The summed E-state index contributed by atoms with van der Waals surface area (Å²) >= 11 is 8.79. The molecule has 10 heteroatoms. The van der Waals surface area contributed by atoms with E-state index < -0.39 is 16.6 Å². The third kappa shape index (κ3) is 6.45. The molecule has 1 aromatic rings. The molecule has 0 aliphatic rings. The molecule has 0 fully saturated rings. The summed E-state index contributed by atoms with van der Waals surface area (Å²) in [5.41, 5.74) is -0.302. The van der Waals surface area contributed by atoms with Crippen LogP contribution in [0.15, 0.2) is 22.7 Å². The maximum atomic E-state index is 12.2. The highest BCUT2D eigenvalue weighted by Gasteiger charge is 2.22. The molecule has 26 heavy (non-hydrogen) atoms. The van der Waals surface area contributed by atoms with Gasteiger partial charge in [-0.2, -0.15) is 0 Å². The van der Waals surface area contributed by atoms with Gasteiger partial charge in [-0.25, -0.2) is 4.79 Å². The summed E-state index contributed by atoms with van der Waals surface area (Å²) in [6.45, 7) is 5.64. The highest BCUT2D eigenvalue weighted by molar-refractivity contribution is 9.10. The van der Waals surface area contributed by atoms with Gasteiger partial charge in [0.15, 0.2) is 0 Å². The fourth-order valence-electron chi connectivity index (χ4n) is 1.96. The van der Waals surface area contributed by atoms with Gasteiger partial charge in [0.2, 0.25) is 5.91 Å². The molecule has 0 heterocycles. The second-order valence-corrected chi connectivity index (χ2v) is 7.60. The van der Waals surface area contributed by atoms with Gasteiger partial charge >= 0.3 is 6.09 Å². The monoisotopic (exact) mass is 449 g/mol. The van der Waals surface area contributed by atoms with Crippen molar-refractivity contribution in [2.24, 2.45) is 0 Å². The van der Waals surface area contributed by atoms with Crippen LogP contribution in [0.4, 0.5) is 16.2 Å². The fraction of sp³-hybridized carbons (Fsp3) is 0.500. The number of alkyl halides is 1. The maximum Gasteiger partial charge on any atom is 0.410 e. The van der Waals surface area contributed by atoms with Crippen LogP contribution in [0.2, 0.25) is 0 Å². The zero-order chi connectivity index (χ0) is 20.1. The molecule has 2 amide bonds. The molecule has 0 aliphatic carbocycles. The second-order valence-electron chi connectivity index (χ2n) is 6.47. The molecule has 0 spiro atoms. The molecule has 0 saturated carbocycles. The van der Waals surface area contributed by atoms with E-state index in [2.05, 4.69) is 15.9 Å². The van der Waals surface area contributed by atoms with Crippen molar-refractivity contribution in [3.8, 4) is 0 Å². The first-order valence-electron chi connectivity index (χ1n) is 7.70. The number of nitrogens with zero attached hydrogens (tertiary/aromatic N) is 3. The van der Waals surface area contributed by atoms with E-state index in [1.54, 1.807) is 27.8 Å². The number of nitro benzene ring substituents is 1. The van der Waals surface area contributed by atoms with Crippen molar-refractivity contribution in [1.29, 1.82) is 0 Å². The molecular formula is C16H21BrClN3O5. The standard InChI is InChI=1S/C16H21BrClN3O5/c1-16(2,3)26-15(23)19(4)7-8-20(14(22)10-18)11-5-6-13(21(24)25)12(17)9-11/h5-6,9H,7-8,10H2,1-4H3. The summed E-state index contributed by atoms with van der Waals surface area (Å²) in [4.78, 5) is 37.3. The predicted molar refractivity (Wildman–Crippen MR) is 103 cm³/mol. The molecule has 0 unspecified atom stereocenters. The van der Waals surface area contributed by atoms with Crippen molar-refractivity contribution in [2.45, 2.75) is 26.4 Å². The Hall–Kier alpha value is -1.87. The summed E-state index contributed by atoms with van der Waals surface area (Å²) in [7, 11) is 1.56. The normalized spacial score (nSPS) is 11.0. The van der Waals surface area contributed by atoms with Crippen LogP contribution in [0.1, 0.15) is 20.8 Å². The van der Waals surface area contributed by atoms with Gasteiger partial charge in [0, 0.05) is 31.9 Å². The highest BCUT2D eigenvalue weighted by Crippen LogP contribution is 2.29. The van der Waals surface area contributed by atoms with Crippen molar-refractivity contribution in [3.63, 3.8) is 0 Å². The number of anilines is 1. The smallest absolute Gasteiger partial charge is 0.410 e. The molecule has 0 bridgehead atoms. The van der Waals surface area contributed by atoms with Crippen LogP contribution in [-0.4, -0.2) is 53.4 Å². The number of ether oxygens (including phenoxy) is 1. The third-order valence-corrected chi connectivity index (χ3v) is 4.08. The lowest BCUT2D eigenvalue weighted by atomic mass is 10.2. The minimum absolute atomic E-state index is 0.113. The molecule has 1 rings (SSSR count). The minimum Gasteiger partial charge on any atom is -0.444 e. The average molecular weight is 451 g/mol. The van der Waals surface area contributed by atoms with Crippen LogP contribution in [0.25, 0.3) is 0 Å². The number of benzene rings is 1. The Morgan fingerprint density at radius 1 is 1.31 bits per heavy atom. The average Bonchev–Trinajstić information content (AvgIpc) is 2.52. The molecule has 1 aromatic carbocycles. The van der Waals surface area contributed by atoms with Crippen LogP contribution in [0.5, 0.6) is 0 Å². The number of likely N-dealkylation sites (N-methyl/N-ethyl adjacent to an activating group) is 1. The quantitative estimate of drug-likeness (QED) is 0.373. The Morgan fingerprint density at radius 2 is 1.92 bits per heavy atom. The third-order valence-electron chi connectivity index (χ3n) is 3.22. The Labute approximate surface area is 165 Å². The summed E-state index contributed by atoms with van der Waals surface area (Å²) in [6.07, 6.45) is -0.513. The summed E-state index contributed by atoms with van der Waals surface area (Å²) < 4.78 is 5.50. The highest BCUT2D eigenvalue weighted by atomic mass is 79.9. The van der Waals surface area contributed by atoms with Gasteiger partial charge in [0.05, 0.1) is 9.40 Å². The van der Waals surface area contributed by atoms with E-state index in [1.807, 2.05) is 0 Å². The van der Waals surface area contributed by atoms with E-state index in [9.17, 15) is 19.7 Å². The second kappa shape index (κ2) is 9.18. The van der Waals surface area contributed by atoms with Gasteiger partial charge in [-0.05, 0) is 48.8 Å². The maximum absolute atomic E-state index is 12.2. The van der Waals surface area contributed by atoms with Crippen LogP contribution < -0.4 is 4.90 Å². The number of hydrogen-bond acceptors (Lipinski definition) is 5. The van der Waals surface area contributed by atoms with Crippen LogP contribution in [0.3, 0.4) is 0 Å². The first-order chi connectivity index (χ1) is 12.0. The number of hydrogen-bond donors (Lipinski definition) is 0. The Balaban J connectivity index is 2.92. The Morgan fingerprint density at radius 3 is 2.38 bits per heavy atom. The van der Waals surface area contributed by atoms with Crippen LogP contribution in [0, 0.1) is 10.1 Å². The number of amides is 2. The molecule has 0 N–H and O–H groups in total. The lowest BCUT2D eigenvalue weighted by molar-refractivity contribution is -0.385. The molecule has 8 nitrogen and oxygen atoms in total. The topological polar surface area (TPSA) is 93.0 Å². The van der Waals surface area contributed by atoms with Gasteiger partial charge in [-0.1, -0.05) is 0 Å². The number of carbonyl (C=O) groups excluding carboxylic acids is 2. The fourth-order valence-corrected chi connectivity index (χ4v) is 2.62. The van der Waals surface area contributed by atoms with Crippen molar-refractivity contribution in [3.05, 3.63) is 32.8 Å². The van der Waals surface area contributed by atoms with E-state index >= 15 is 0 Å². The lowest BCUT2D eigenvalue weighted by Gasteiger charge is -2.27. The zero-order valence-corrected chi connectivity index (χ0v) is 17.3. The molecule has 0 atom stereocenters. The summed E-state index contributed by atoms with van der Waals surface area (Å²) in [6, 6.07) is 4.22. The number of nitro groups is 1. The minimum atomic E-state index is -0.625. The molecule has 0 saturated heterocycles. The van der Waals surface area contributed by atoms with Gasteiger partial charge in [0.1, 0.15) is 11.5 Å². The van der Waals surface area contributed by atoms with Gasteiger partial charge in [-0.15, -0.1) is 11.6 Å². The molecule has 0 aliphatic heterocycles. The van der Waals surface area contributed by atoms with Gasteiger partial charge in [-0.3, -0.25) is 14.9 Å². The van der Waals surface area contributed by atoms with Crippen molar-refractivity contribution in [1.82, 2.24) is 4.90 Å². The van der Waals surface area contributed by atoms with E-state index in [0.717, 1.165) is 0 Å². The van der Waals surface area contributed by atoms with Gasteiger partial charge < -0.3 is 14.5 Å². The first-order valence-corrected chi connectivity index (χ1v) is 9.03. The largest absolute Gasteiger partial charge is 0.444 e. The van der Waals surface area contributed by atoms with Crippen molar-refractivity contribution < 1.29 is 19.2 Å². The number of halogens is 2. The van der Waals surface area contributed by atoms with Crippen molar-refractivity contribution in [2.75, 3.05) is 30.9 Å². The zero-order valence-electron chi connectivity index (χ0n) is 15.0. The van der Waals surface area contributed by atoms with E-state index in [4.69, 9.17) is 16.3 Å². The number of rotatable bonds is 6. The molecule has 0 radical (unpaired) electrons.